The van der Waals surface area contributed by atoms with E-state index in [4.69, 9.17) is 15.6 Å². The number of ether oxygens (including phenoxy) is 1. The fraction of sp³-hybridized carbons (Fsp3) is 0.0909. The summed E-state index contributed by atoms with van der Waals surface area (Å²) < 4.78 is 5.06. The second-order valence-corrected chi connectivity index (χ2v) is 3.67. The van der Waals surface area contributed by atoms with Crippen LogP contribution in [-0.2, 0) is 4.79 Å². The number of nitrogens with zero attached hydrogens (tertiary/aromatic N) is 2. The number of nitrogens with one attached hydrogen (secondary N) is 2. The number of benzene rings is 1. The molecule has 0 aliphatic carbocycles. The van der Waals surface area contributed by atoms with E-state index >= 15 is 0 Å². The number of nitrogen functional groups attached to an aromatic ring is 1. The number of carbonyl (C=O) groups is 2. The van der Waals surface area contributed by atoms with Crippen molar-refractivity contribution in [3.05, 3.63) is 30.1 Å². The smallest absolute Gasteiger partial charge is 0.341 e. The fourth-order valence-electron chi connectivity index (χ4n) is 1.39. The summed E-state index contributed by atoms with van der Waals surface area (Å²) >= 11 is 0. The molecule has 0 unspecified atom stereocenters. The van der Waals surface area contributed by atoms with Crippen LogP contribution in [0.3, 0.4) is 0 Å². The maximum Gasteiger partial charge on any atom is 0.341 e. The summed E-state index contributed by atoms with van der Waals surface area (Å²) in [5.41, 5.74) is 5.61. The van der Waals surface area contributed by atoms with Gasteiger partial charge in [-0.05, 0) is 12.1 Å². The van der Waals surface area contributed by atoms with Gasteiger partial charge >= 0.3 is 5.97 Å². The molecule has 1 heterocycles. The number of H-pyrrole nitrogens is 1. The number of carbonyl (C=O) groups excluding carboxylic acids is 1. The summed E-state index contributed by atoms with van der Waals surface area (Å²) in [7, 11) is 0. The van der Waals surface area contributed by atoms with Gasteiger partial charge in [0.25, 0.3) is 5.91 Å². The van der Waals surface area contributed by atoms with Crippen LogP contribution < -0.4 is 15.8 Å². The van der Waals surface area contributed by atoms with Crippen molar-refractivity contribution in [3.8, 4) is 5.75 Å². The lowest BCUT2D eigenvalue weighted by atomic mass is 10.3. The lowest BCUT2D eigenvalue weighted by Gasteiger charge is -2.10. The molecule has 0 aliphatic heterocycles. The van der Waals surface area contributed by atoms with Crippen LogP contribution in [0.5, 0.6) is 5.75 Å². The third-order valence-corrected chi connectivity index (χ3v) is 2.20. The van der Waals surface area contributed by atoms with Crippen LogP contribution >= 0.6 is 0 Å². The van der Waals surface area contributed by atoms with Gasteiger partial charge in [0.15, 0.2) is 6.61 Å². The topological polar surface area (TPSA) is 143 Å². The van der Waals surface area contributed by atoms with Crippen molar-refractivity contribution in [1.29, 1.82) is 0 Å². The van der Waals surface area contributed by atoms with E-state index in [-0.39, 0.29) is 17.5 Å². The van der Waals surface area contributed by atoms with Crippen molar-refractivity contribution < 1.29 is 19.4 Å². The van der Waals surface area contributed by atoms with Gasteiger partial charge in [-0.15, -0.1) is 5.10 Å². The number of hydrogen-bond donors (Lipinski definition) is 4. The molecule has 0 bridgehead atoms. The standard InChI is InChI=1S/C11H11N5O4/c12-11-14-9(15-16-11)10(19)13-6-3-1-2-4-7(6)20-5-8(17)18/h1-4H,5H2,(H,13,19)(H,17,18)(H3,12,14,15,16). The number of carboxylic acids is 1. The van der Waals surface area contributed by atoms with Crippen molar-refractivity contribution in [3.63, 3.8) is 0 Å². The molecule has 0 saturated carbocycles. The van der Waals surface area contributed by atoms with Gasteiger partial charge in [0.05, 0.1) is 5.69 Å². The van der Waals surface area contributed by atoms with Crippen LogP contribution in [0.2, 0.25) is 0 Å². The first-order valence-electron chi connectivity index (χ1n) is 5.49. The number of hydrogen-bond acceptors (Lipinski definition) is 6. The van der Waals surface area contributed by atoms with Crippen molar-refractivity contribution in [2.45, 2.75) is 0 Å². The Labute approximate surface area is 112 Å². The molecule has 2 aromatic rings. The molecule has 0 fully saturated rings. The zero-order valence-electron chi connectivity index (χ0n) is 10.2. The highest BCUT2D eigenvalue weighted by atomic mass is 16.5. The zero-order valence-corrected chi connectivity index (χ0v) is 10.2. The van der Waals surface area contributed by atoms with Gasteiger partial charge in [-0.1, -0.05) is 12.1 Å². The summed E-state index contributed by atoms with van der Waals surface area (Å²) in [6, 6.07) is 6.42. The molecule has 0 radical (unpaired) electrons. The summed E-state index contributed by atoms with van der Waals surface area (Å²) in [4.78, 5) is 26.0. The second kappa shape index (κ2) is 5.69. The number of aliphatic carboxylic acids is 1. The van der Waals surface area contributed by atoms with Crippen molar-refractivity contribution in [1.82, 2.24) is 15.2 Å². The molecule has 1 aromatic carbocycles. The predicted octanol–water partition coefficient (Wildman–Crippen LogP) is 0.103. The number of aromatic nitrogens is 3. The zero-order chi connectivity index (χ0) is 14.5. The van der Waals surface area contributed by atoms with E-state index in [9.17, 15) is 9.59 Å². The Balaban J connectivity index is 2.12. The molecule has 104 valence electrons. The quantitative estimate of drug-likeness (QED) is 0.606. The van der Waals surface area contributed by atoms with E-state index in [1.54, 1.807) is 18.2 Å². The first kappa shape index (κ1) is 13.3. The molecular weight excluding hydrogens is 266 g/mol. The Morgan fingerprint density at radius 2 is 2.15 bits per heavy atom. The Morgan fingerprint density at radius 1 is 1.40 bits per heavy atom. The highest BCUT2D eigenvalue weighted by Crippen LogP contribution is 2.23. The van der Waals surface area contributed by atoms with E-state index in [1.165, 1.54) is 6.07 Å². The number of para-hydroxylation sites is 2. The van der Waals surface area contributed by atoms with Crippen LogP contribution in [0, 0.1) is 0 Å². The van der Waals surface area contributed by atoms with Crippen LogP contribution in [0.1, 0.15) is 10.6 Å². The molecule has 1 amide bonds. The monoisotopic (exact) mass is 277 g/mol. The minimum Gasteiger partial charge on any atom is -0.480 e. The number of anilines is 2. The third-order valence-electron chi connectivity index (χ3n) is 2.20. The van der Waals surface area contributed by atoms with Crippen molar-refractivity contribution in [2.24, 2.45) is 0 Å². The molecule has 1 aromatic heterocycles. The van der Waals surface area contributed by atoms with Crippen LogP contribution in [-0.4, -0.2) is 38.8 Å². The summed E-state index contributed by atoms with van der Waals surface area (Å²) in [6.45, 7) is -0.512. The molecule has 0 aliphatic rings. The summed E-state index contributed by atoms with van der Waals surface area (Å²) in [6.07, 6.45) is 0. The normalized spacial score (nSPS) is 10.0. The molecule has 9 heteroatoms. The van der Waals surface area contributed by atoms with E-state index in [1.807, 2.05) is 0 Å². The Morgan fingerprint density at radius 3 is 2.80 bits per heavy atom. The van der Waals surface area contributed by atoms with E-state index < -0.39 is 18.5 Å². The van der Waals surface area contributed by atoms with Gasteiger partial charge in [0.2, 0.25) is 11.8 Å². The Bertz CT molecular complexity index is 639. The second-order valence-electron chi connectivity index (χ2n) is 3.67. The van der Waals surface area contributed by atoms with Gasteiger partial charge in [-0.25, -0.2) is 4.79 Å². The first-order valence-corrected chi connectivity index (χ1v) is 5.49. The first-order chi connectivity index (χ1) is 9.56. The highest BCUT2D eigenvalue weighted by molar-refractivity contribution is 6.02. The summed E-state index contributed by atoms with van der Waals surface area (Å²) in [5, 5.41) is 17.0. The third kappa shape index (κ3) is 3.22. The van der Waals surface area contributed by atoms with E-state index in [0.717, 1.165) is 0 Å². The number of rotatable bonds is 5. The maximum atomic E-state index is 11.8. The van der Waals surface area contributed by atoms with Crippen molar-refractivity contribution in [2.75, 3.05) is 17.7 Å². The predicted molar refractivity (Wildman–Crippen MR) is 68.3 cm³/mol. The minimum atomic E-state index is -1.12. The number of aromatic amines is 1. The molecule has 2 rings (SSSR count). The van der Waals surface area contributed by atoms with E-state index in [0.29, 0.717) is 5.69 Å². The van der Waals surface area contributed by atoms with Gasteiger partial charge in [0.1, 0.15) is 5.75 Å². The Kier molecular flexibility index (Phi) is 3.80. The average Bonchev–Trinajstić information content (AvgIpc) is 2.84. The molecule has 0 spiro atoms. The van der Waals surface area contributed by atoms with E-state index in [2.05, 4.69) is 20.5 Å². The number of nitrogens with two attached hydrogens (primary N) is 1. The number of amides is 1. The molecule has 9 nitrogen and oxygen atoms in total. The molecule has 5 N–H and O–H groups in total. The molecular formula is C11H11N5O4. The largest absolute Gasteiger partial charge is 0.480 e. The molecule has 20 heavy (non-hydrogen) atoms. The van der Waals surface area contributed by atoms with Gasteiger partial charge in [0, 0.05) is 0 Å². The minimum absolute atomic E-state index is 0.0504. The SMILES string of the molecule is Nc1n[nH]c(C(=O)Nc2ccccc2OCC(=O)O)n1. The number of carboxylic acid groups (broad SMARTS) is 1. The molecule has 0 saturated heterocycles. The fourth-order valence-corrected chi connectivity index (χ4v) is 1.39. The average molecular weight is 277 g/mol. The summed E-state index contributed by atoms with van der Waals surface area (Å²) in [5.74, 6) is -1.56. The highest BCUT2D eigenvalue weighted by Gasteiger charge is 2.13. The lowest BCUT2D eigenvalue weighted by Crippen LogP contribution is -2.16. The van der Waals surface area contributed by atoms with Gasteiger partial charge in [-0.3, -0.25) is 9.89 Å². The Hall–Kier alpha value is -3.10. The van der Waals surface area contributed by atoms with Crippen LogP contribution in [0.15, 0.2) is 24.3 Å². The van der Waals surface area contributed by atoms with Crippen LogP contribution in [0.4, 0.5) is 11.6 Å². The van der Waals surface area contributed by atoms with Crippen LogP contribution in [0.25, 0.3) is 0 Å². The van der Waals surface area contributed by atoms with Crippen molar-refractivity contribution >= 4 is 23.5 Å². The van der Waals surface area contributed by atoms with Gasteiger partial charge < -0.3 is 20.9 Å². The lowest BCUT2D eigenvalue weighted by molar-refractivity contribution is -0.139. The van der Waals surface area contributed by atoms with Gasteiger partial charge in [-0.2, -0.15) is 4.98 Å². The molecule has 0 atom stereocenters. The maximum absolute atomic E-state index is 11.8.